The molecule has 10 heteroatoms. The Hall–Kier alpha value is -2.75. The van der Waals surface area contributed by atoms with Gasteiger partial charge in [-0.3, -0.25) is 9.88 Å². The third-order valence-electron chi connectivity index (χ3n) is 4.70. The van der Waals surface area contributed by atoms with Crippen LogP contribution in [0.5, 0.6) is 0 Å². The maximum atomic E-state index is 13.1. The first-order chi connectivity index (χ1) is 12.9. The Bertz CT molecular complexity index is 925. The SMILES string of the molecule is CC1CN(c2ccc3nnc(C(F)(F)F)n3n2)CCN1Cc1cccnc1. The third-order valence-corrected chi connectivity index (χ3v) is 4.70. The molecule has 27 heavy (non-hydrogen) atoms. The van der Waals surface area contributed by atoms with Gasteiger partial charge in [-0.1, -0.05) is 6.07 Å². The molecule has 1 saturated heterocycles. The summed E-state index contributed by atoms with van der Waals surface area (Å²) < 4.78 is 39.9. The Balaban J connectivity index is 1.52. The Morgan fingerprint density at radius 2 is 2.00 bits per heavy atom. The summed E-state index contributed by atoms with van der Waals surface area (Å²) in [7, 11) is 0. The highest BCUT2D eigenvalue weighted by molar-refractivity contribution is 5.46. The van der Waals surface area contributed by atoms with E-state index in [0.29, 0.717) is 18.9 Å². The number of rotatable bonds is 3. The molecule has 1 unspecified atom stereocenters. The van der Waals surface area contributed by atoms with Gasteiger partial charge in [0, 0.05) is 44.6 Å². The molecule has 0 N–H and O–H groups in total. The smallest absolute Gasteiger partial charge is 0.352 e. The van der Waals surface area contributed by atoms with Crippen LogP contribution in [0, 0.1) is 0 Å². The predicted octanol–water partition coefficient (Wildman–Crippen LogP) is 2.25. The number of fused-ring (bicyclic) bond motifs is 1. The minimum atomic E-state index is -4.60. The zero-order valence-electron chi connectivity index (χ0n) is 14.6. The summed E-state index contributed by atoms with van der Waals surface area (Å²) in [6.07, 6.45) is -1.01. The molecule has 7 nitrogen and oxygen atoms in total. The van der Waals surface area contributed by atoms with Crippen molar-refractivity contribution in [1.29, 1.82) is 0 Å². The first kappa shape index (κ1) is 17.7. The minimum absolute atomic E-state index is 0.0781. The fourth-order valence-corrected chi connectivity index (χ4v) is 3.29. The maximum Gasteiger partial charge on any atom is 0.453 e. The highest BCUT2D eigenvalue weighted by Crippen LogP contribution is 2.28. The molecule has 1 aliphatic heterocycles. The molecular weight excluding hydrogens is 359 g/mol. The monoisotopic (exact) mass is 377 g/mol. The van der Waals surface area contributed by atoms with Crippen molar-refractivity contribution < 1.29 is 13.2 Å². The molecule has 0 radical (unpaired) electrons. The molecule has 0 bridgehead atoms. The Kier molecular flexibility index (Phi) is 4.42. The lowest BCUT2D eigenvalue weighted by atomic mass is 10.1. The number of alkyl halides is 3. The summed E-state index contributed by atoms with van der Waals surface area (Å²) in [5.41, 5.74) is 1.21. The van der Waals surface area contributed by atoms with Gasteiger partial charge >= 0.3 is 6.18 Å². The number of hydrogen-bond acceptors (Lipinski definition) is 6. The molecule has 0 saturated carbocycles. The van der Waals surface area contributed by atoms with E-state index in [0.717, 1.165) is 23.2 Å². The van der Waals surface area contributed by atoms with Crippen LogP contribution in [0.2, 0.25) is 0 Å². The highest BCUT2D eigenvalue weighted by Gasteiger charge is 2.38. The van der Waals surface area contributed by atoms with Gasteiger partial charge in [-0.2, -0.15) is 17.7 Å². The first-order valence-electron chi connectivity index (χ1n) is 8.59. The molecule has 1 fully saturated rings. The Morgan fingerprint density at radius 3 is 2.70 bits per heavy atom. The molecule has 4 heterocycles. The minimum Gasteiger partial charge on any atom is -0.352 e. The Labute approximate surface area is 153 Å². The largest absolute Gasteiger partial charge is 0.453 e. The second kappa shape index (κ2) is 6.76. The molecule has 3 aromatic heterocycles. The van der Waals surface area contributed by atoms with Crippen molar-refractivity contribution in [2.24, 2.45) is 0 Å². The number of piperazine rings is 1. The summed E-state index contributed by atoms with van der Waals surface area (Å²) in [4.78, 5) is 8.45. The number of hydrogen-bond donors (Lipinski definition) is 0. The van der Waals surface area contributed by atoms with E-state index in [1.165, 1.54) is 6.07 Å². The van der Waals surface area contributed by atoms with Gasteiger partial charge in [-0.05, 0) is 30.7 Å². The maximum absolute atomic E-state index is 13.1. The van der Waals surface area contributed by atoms with E-state index in [2.05, 4.69) is 32.1 Å². The summed E-state index contributed by atoms with van der Waals surface area (Å²) in [5.74, 6) is -0.622. The zero-order chi connectivity index (χ0) is 19.0. The molecular formula is C17H18F3N7. The summed E-state index contributed by atoms with van der Waals surface area (Å²) in [6, 6.07) is 7.36. The van der Waals surface area contributed by atoms with Gasteiger partial charge in [-0.15, -0.1) is 15.3 Å². The van der Waals surface area contributed by atoms with Crippen molar-refractivity contribution in [3.63, 3.8) is 0 Å². The number of nitrogens with zero attached hydrogens (tertiary/aromatic N) is 7. The van der Waals surface area contributed by atoms with Crippen molar-refractivity contribution in [2.45, 2.75) is 25.7 Å². The highest BCUT2D eigenvalue weighted by atomic mass is 19.4. The molecule has 0 spiro atoms. The van der Waals surface area contributed by atoms with Gasteiger partial charge in [-0.25, -0.2) is 0 Å². The summed E-state index contributed by atoms with van der Waals surface area (Å²) >= 11 is 0. The van der Waals surface area contributed by atoms with Crippen LogP contribution in [0.25, 0.3) is 5.65 Å². The molecule has 142 valence electrons. The molecule has 1 atom stereocenters. The van der Waals surface area contributed by atoms with E-state index in [1.807, 2.05) is 23.2 Å². The lowest BCUT2D eigenvalue weighted by Gasteiger charge is -2.40. The molecule has 0 aliphatic carbocycles. The average Bonchev–Trinajstić information content (AvgIpc) is 3.08. The lowest BCUT2D eigenvalue weighted by Crippen LogP contribution is -2.51. The van der Waals surface area contributed by atoms with E-state index in [-0.39, 0.29) is 11.7 Å². The number of anilines is 1. The molecule has 3 aromatic rings. The second-order valence-electron chi connectivity index (χ2n) is 6.61. The van der Waals surface area contributed by atoms with Gasteiger partial charge in [0.15, 0.2) is 5.65 Å². The lowest BCUT2D eigenvalue weighted by molar-refractivity contribution is -0.146. The number of aromatic nitrogens is 5. The fourth-order valence-electron chi connectivity index (χ4n) is 3.29. The van der Waals surface area contributed by atoms with Crippen LogP contribution in [0.3, 0.4) is 0 Å². The summed E-state index contributed by atoms with van der Waals surface area (Å²) in [6.45, 7) is 5.01. The second-order valence-corrected chi connectivity index (χ2v) is 6.61. The van der Waals surface area contributed by atoms with Gasteiger partial charge in [0.05, 0.1) is 0 Å². The zero-order valence-corrected chi connectivity index (χ0v) is 14.6. The topological polar surface area (TPSA) is 62.5 Å². The van der Waals surface area contributed by atoms with Gasteiger partial charge < -0.3 is 4.90 Å². The van der Waals surface area contributed by atoms with Gasteiger partial charge in [0.1, 0.15) is 5.82 Å². The van der Waals surface area contributed by atoms with Crippen LogP contribution in [-0.4, -0.2) is 55.4 Å². The van der Waals surface area contributed by atoms with Gasteiger partial charge in [0.25, 0.3) is 5.82 Å². The quantitative estimate of drug-likeness (QED) is 0.698. The van der Waals surface area contributed by atoms with Crippen molar-refractivity contribution in [1.82, 2.24) is 29.7 Å². The van der Waals surface area contributed by atoms with Crippen LogP contribution >= 0.6 is 0 Å². The predicted molar refractivity (Wildman–Crippen MR) is 92.1 cm³/mol. The normalized spacial score (nSPS) is 19.0. The van der Waals surface area contributed by atoms with Crippen molar-refractivity contribution in [3.05, 3.63) is 48.0 Å². The van der Waals surface area contributed by atoms with E-state index >= 15 is 0 Å². The van der Waals surface area contributed by atoms with Crippen LogP contribution in [0.4, 0.5) is 19.0 Å². The van der Waals surface area contributed by atoms with E-state index in [1.54, 1.807) is 12.3 Å². The van der Waals surface area contributed by atoms with E-state index < -0.39 is 12.0 Å². The fraction of sp³-hybridized carbons (Fsp3) is 0.412. The van der Waals surface area contributed by atoms with Crippen molar-refractivity contribution in [2.75, 3.05) is 24.5 Å². The third kappa shape index (κ3) is 3.57. The number of pyridine rings is 1. The van der Waals surface area contributed by atoms with Crippen LogP contribution in [-0.2, 0) is 12.7 Å². The molecule has 0 aromatic carbocycles. The van der Waals surface area contributed by atoms with Crippen molar-refractivity contribution >= 4 is 11.5 Å². The van der Waals surface area contributed by atoms with E-state index in [4.69, 9.17) is 0 Å². The van der Waals surface area contributed by atoms with Crippen LogP contribution in [0.1, 0.15) is 18.3 Å². The van der Waals surface area contributed by atoms with Crippen LogP contribution in [0.15, 0.2) is 36.7 Å². The molecule has 4 rings (SSSR count). The van der Waals surface area contributed by atoms with Crippen molar-refractivity contribution in [3.8, 4) is 0 Å². The average molecular weight is 377 g/mol. The Morgan fingerprint density at radius 1 is 1.15 bits per heavy atom. The standard InChI is InChI=1S/C17H18F3N7/c1-12-10-26(8-7-25(12)11-13-3-2-6-21-9-13)15-5-4-14-22-23-16(17(18,19)20)27(14)24-15/h2-6,9,12H,7-8,10-11H2,1H3. The van der Waals surface area contributed by atoms with Gasteiger partial charge in [0.2, 0.25) is 0 Å². The molecule has 1 aliphatic rings. The van der Waals surface area contributed by atoms with E-state index in [9.17, 15) is 13.2 Å². The number of halogens is 3. The summed E-state index contributed by atoms with van der Waals surface area (Å²) in [5, 5.41) is 10.9. The van der Waals surface area contributed by atoms with Crippen LogP contribution < -0.4 is 4.90 Å². The first-order valence-corrected chi connectivity index (χ1v) is 8.59. The molecule has 0 amide bonds.